The van der Waals surface area contributed by atoms with E-state index in [9.17, 15) is 19.5 Å². The topological polar surface area (TPSA) is 89.9 Å². The van der Waals surface area contributed by atoms with E-state index >= 15 is 0 Å². The van der Waals surface area contributed by atoms with Gasteiger partial charge < -0.3 is 14.6 Å². The molecule has 6 nitrogen and oxygen atoms in total. The van der Waals surface area contributed by atoms with Crippen molar-refractivity contribution < 1.29 is 29.0 Å². The Morgan fingerprint density at radius 3 is 2.18 bits per heavy atom. The molecule has 1 aliphatic rings. The van der Waals surface area contributed by atoms with Crippen molar-refractivity contribution in [2.75, 3.05) is 20.8 Å². The van der Waals surface area contributed by atoms with Crippen molar-refractivity contribution >= 4 is 17.7 Å². The second-order valence-corrected chi connectivity index (χ2v) is 5.28. The fraction of sp³-hybridized carbons (Fsp3) is 0.438. The minimum atomic E-state index is -1.75. The Morgan fingerprint density at radius 1 is 1.18 bits per heavy atom. The molecule has 1 aliphatic carbocycles. The van der Waals surface area contributed by atoms with Gasteiger partial charge in [0.15, 0.2) is 5.41 Å². The van der Waals surface area contributed by atoms with E-state index < -0.39 is 35.8 Å². The Kier molecular flexibility index (Phi) is 4.61. The van der Waals surface area contributed by atoms with E-state index in [-0.39, 0.29) is 12.2 Å². The highest BCUT2D eigenvalue weighted by molar-refractivity contribution is 6.10. The molecule has 0 heterocycles. The number of hydrogen-bond donors (Lipinski definition) is 1. The molecule has 0 radical (unpaired) electrons. The number of aliphatic hydroxyl groups is 1. The van der Waals surface area contributed by atoms with Crippen LogP contribution < -0.4 is 0 Å². The van der Waals surface area contributed by atoms with E-state index in [0.29, 0.717) is 5.56 Å². The molecule has 1 fully saturated rings. The number of aliphatic hydroxyl groups excluding tert-OH is 1. The van der Waals surface area contributed by atoms with Gasteiger partial charge in [-0.3, -0.25) is 14.4 Å². The quantitative estimate of drug-likeness (QED) is 0.650. The number of ether oxygens (including phenoxy) is 2. The first-order valence-electron chi connectivity index (χ1n) is 6.89. The summed E-state index contributed by atoms with van der Waals surface area (Å²) in [5, 5.41) is 9.42. The van der Waals surface area contributed by atoms with Crippen LogP contribution in [0.3, 0.4) is 0 Å². The predicted molar refractivity (Wildman–Crippen MR) is 75.8 cm³/mol. The standard InChI is InChI=1S/C16H18O6/c1-21-14(19)16(15(20)22-2)8-11(9-17)13(18)12(16)10-6-4-3-5-7-10/h3-7,11-12,17H,8-9H2,1-2H3/t11?,12-/m1/s1. The van der Waals surface area contributed by atoms with E-state index in [1.807, 2.05) is 0 Å². The van der Waals surface area contributed by atoms with Crippen molar-refractivity contribution in [2.24, 2.45) is 11.3 Å². The normalized spacial score (nSPS) is 23.1. The number of ketones is 1. The van der Waals surface area contributed by atoms with Gasteiger partial charge in [-0.25, -0.2) is 0 Å². The zero-order valence-corrected chi connectivity index (χ0v) is 12.4. The first-order valence-corrected chi connectivity index (χ1v) is 6.89. The molecule has 22 heavy (non-hydrogen) atoms. The highest BCUT2D eigenvalue weighted by Gasteiger charge is 2.64. The third-order valence-electron chi connectivity index (χ3n) is 4.20. The first kappa shape index (κ1) is 16.2. The zero-order valence-electron chi connectivity index (χ0n) is 12.4. The monoisotopic (exact) mass is 306 g/mol. The number of methoxy groups -OCH3 is 2. The summed E-state index contributed by atoms with van der Waals surface area (Å²) in [5.74, 6) is -3.83. The fourth-order valence-electron chi connectivity index (χ4n) is 3.18. The highest BCUT2D eigenvalue weighted by atomic mass is 16.5. The lowest BCUT2D eigenvalue weighted by molar-refractivity contribution is -0.170. The van der Waals surface area contributed by atoms with Gasteiger partial charge in [-0.1, -0.05) is 30.3 Å². The minimum Gasteiger partial charge on any atom is -0.468 e. The average molecular weight is 306 g/mol. The summed E-state index contributed by atoms with van der Waals surface area (Å²) in [5.41, 5.74) is -1.23. The third kappa shape index (κ3) is 2.29. The van der Waals surface area contributed by atoms with Crippen molar-refractivity contribution in [3.63, 3.8) is 0 Å². The zero-order chi connectivity index (χ0) is 16.3. The first-order chi connectivity index (χ1) is 10.5. The lowest BCUT2D eigenvalue weighted by Gasteiger charge is -2.29. The van der Waals surface area contributed by atoms with E-state index in [1.165, 1.54) is 0 Å². The van der Waals surface area contributed by atoms with E-state index in [4.69, 9.17) is 9.47 Å². The van der Waals surface area contributed by atoms with Crippen LogP contribution in [-0.4, -0.2) is 43.7 Å². The number of esters is 2. The lowest BCUT2D eigenvalue weighted by atomic mass is 9.74. The Labute approximate surface area is 128 Å². The molecule has 1 saturated carbocycles. The summed E-state index contributed by atoms with van der Waals surface area (Å²) in [6.07, 6.45) is -0.124. The summed E-state index contributed by atoms with van der Waals surface area (Å²) in [7, 11) is 2.32. The Morgan fingerprint density at radius 2 is 1.73 bits per heavy atom. The summed E-state index contributed by atoms with van der Waals surface area (Å²) < 4.78 is 9.56. The van der Waals surface area contributed by atoms with Crippen molar-refractivity contribution in [1.82, 2.24) is 0 Å². The summed E-state index contributed by atoms with van der Waals surface area (Å²) in [6, 6.07) is 8.54. The van der Waals surface area contributed by atoms with Crippen molar-refractivity contribution in [3.8, 4) is 0 Å². The maximum absolute atomic E-state index is 12.6. The molecule has 0 bridgehead atoms. The molecular formula is C16H18O6. The molecule has 118 valence electrons. The van der Waals surface area contributed by atoms with Crippen molar-refractivity contribution in [2.45, 2.75) is 12.3 Å². The molecule has 0 saturated heterocycles. The molecule has 6 heteroatoms. The molecule has 0 aromatic heterocycles. The number of carbonyl (C=O) groups is 3. The van der Waals surface area contributed by atoms with Crippen molar-refractivity contribution in [3.05, 3.63) is 35.9 Å². The van der Waals surface area contributed by atoms with Crippen LogP contribution in [0.1, 0.15) is 17.9 Å². The second kappa shape index (κ2) is 6.27. The van der Waals surface area contributed by atoms with Crippen LogP contribution in [0.15, 0.2) is 30.3 Å². The largest absolute Gasteiger partial charge is 0.468 e. The highest BCUT2D eigenvalue weighted by Crippen LogP contribution is 2.51. The Bertz CT molecular complexity index is 564. The van der Waals surface area contributed by atoms with E-state index in [1.54, 1.807) is 30.3 Å². The molecular weight excluding hydrogens is 288 g/mol. The minimum absolute atomic E-state index is 0.124. The summed E-state index contributed by atoms with van der Waals surface area (Å²) in [4.78, 5) is 37.4. The molecule has 1 N–H and O–H groups in total. The van der Waals surface area contributed by atoms with Crippen LogP contribution in [-0.2, 0) is 23.9 Å². The molecule has 1 unspecified atom stereocenters. The molecule has 0 amide bonds. The van der Waals surface area contributed by atoms with Gasteiger partial charge in [0.2, 0.25) is 0 Å². The SMILES string of the molecule is COC(=O)C1(C(=O)OC)CC(CO)C(=O)[C@H]1c1ccccc1. The van der Waals surface area contributed by atoms with Crippen LogP contribution in [0.25, 0.3) is 0 Å². The van der Waals surface area contributed by atoms with Crippen LogP contribution >= 0.6 is 0 Å². The van der Waals surface area contributed by atoms with Gasteiger partial charge in [-0.05, 0) is 12.0 Å². The molecule has 1 aromatic carbocycles. The lowest BCUT2D eigenvalue weighted by Crippen LogP contribution is -2.44. The van der Waals surface area contributed by atoms with Gasteiger partial charge >= 0.3 is 11.9 Å². The van der Waals surface area contributed by atoms with Crippen LogP contribution in [0.5, 0.6) is 0 Å². The number of Topliss-reactive ketones (excluding diaryl/α,β-unsaturated/α-hetero) is 1. The van der Waals surface area contributed by atoms with Gasteiger partial charge in [0.05, 0.1) is 26.7 Å². The number of benzene rings is 1. The number of rotatable bonds is 4. The summed E-state index contributed by atoms with van der Waals surface area (Å²) >= 11 is 0. The molecule has 0 aliphatic heterocycles. The van der Waals surface area contributed by atoms with Gasteiger partial charge in [0.25, 0.3) is 0 Å². The number of carbonyl (C=O) groups excluding carboxylic acids is 3. The summed E-state index contributed by atoms with van der Waals surface area (Å²) in [6.45, 7) is -0.433. The van der Waals surface area contributed by atoms with E-state index in [2.05, 4.69) is 0 Å². The van der Waals surface area contributed by atoms with E-state index in [0.717, 1.165) is 14.2 Å². The second-order valence-electron chi connectivity index (χ2n) is 5.28. The fourth-order valence-corrected chi connectivity index (χ4v) is 3.18. The van der Waals surface area contributed by atoms with Crippen LogP contribution in [0.4, 0.5) is 0 Å². The molecule has 2 atom stereocenters. The maximum Gasteiger partial charge on any atom is 0.324 e. The average Bonchev–Trinajstić information content (AvgIpc) is 2.87. The Hall–Kier alpha value is -2.21. The third-order valence-corrected chi connectivity index (χ3v) is 4.20. The Balaban J connectivity index is 2.64. The van der Waals surface area contributed by atoms with Crippen LogP contribution in [0.2, 0.25) is 0 Å². The van der Waals surface area contributed by atoms with Gasteiger partial charge in [0, 0.05) is 5.92 Å². The van der Waals surface area contributed by atoms with Crippen molar-refractivity contribution in [1.29, 1.82) is 0 Å². The molecule has 1 aromatic rings. The molecule has 2 rings (SSSR count). The predicted octanol–water partition coefficient (Wildman–Crippen LogP) is 0.684. The van der Waals surface area contributed by atoms with Gasteiger partial charge in [-0.2, -0.15) is 0 Å². The molecule has 0 spiro atoms. The smallest absolute Gasteiger partial charge is 0.324 e. The van der Waals surface area contributed by atoms with Gasteiger partial charge in [0.1, 0.15) is 5.78 Å². The maximum atomic E-state index is 12.6. The van der Waals surface area contributed by atoms with Gasteiger partial charge in [-0.15, -0.1) is 0 Å². The number of hydrogen-bond acceptors (Lipinski definition) is 6. The van der Waals surface area contributed by atoms with Crippen LogP contribution in [0, 0.1) is 11.3 Å².